The number of hydrogen-bond donors (Lipinski definition) is 2. The number of aromatic nitrogens is 4. The Labute approximate surface area is 135 Å². The highest BCUT2D eigenvalue weighted by atomic mass is 16.2. The third-order valence-corrected chi connectivity index (χ3v) is 5.00. The molecule has 0 spiro atoms. The van der Waals surface area contributed by atoms with E-state index in [4.69, 9.17) is 0 Å². The minimum Gasteiger partial charge on any atom is -0.337 e. The number of rotatable bonds is 2. The predicted octanol–water partition coefficient (Wildman–Crippen LogP) is 1.14. The molecule has 2 aromatic heterocycles. The van der Waals surface area contributed by atoms with Crippen molar-refractivity contribution in [1.82, 2.24) is 30.2 Å². The quantitative estimate of drug-likeness (QED) is 0.871. The van der Waals surface area contributed by atoms with Crippen molar-refractivity contribution in [3.63, 3.8) is 0 Å². The highest BCUT2D eigenvalue weighted by molar-refractivity contribution is 5.94. The van der Waals surface area contributed by atoms with Crippen LogP contribution in [0.3, 0.4) is 0 Å². The third-order valence-electron chi connectivity index (χ3n) is 5.00. The zero-order chi connectivity index (χ0) is 15.8. The number of piperidine rings is 1. The van der Waals surface area contributed by atoms with Crippen molar-refractivity contribution in [3.05, 3.63) is 34.9 Å². The van der Waals surface area contributed by atoms with Gasteiger partial charge in [-0.05, 0) is 26.0 Å². The zero-order valence-electron chi connectivity index (χ0n) is 13.4. The van der Waals surface area contributed by atoms with Gasteiger partial charge in [-0.15, -0.1) is 0 Å². The smallest absolute Gasteiger partial charge is 0.274 e. The number of aromatic amines is 2. The second-order valence-corrected chi connectivity index (χ2v) is 6.62. The molecule has 4 heterocycles. The van der Waals surface area contributed by atoms with Crippen molar-refractivity contribution < 1.29 is 4.79 Å². The molecule has 0 radical (unpaired) electrons. The first kappa shape index (κ1) is 14.4. The molecule has 4 rings (SSSR count). The maximum atomic E-state index is 13.0. The Balaban J connectivity index is 1.54. The Morgan fingerprint density at radius 3 is 3.09 bits per heavy atom. The summed E-state index contributed by atoms with van der Waals surface area (Å²) in [6.07, 6.45) is 4.81. The molecule has 1 saturated heterocycles. The van der Waals surface area contributed by atoms with E-state index in [0.717, 1.165) is 62.4 Å². The maximum absolute atomic E-state index is 13.0. The van der Waals surface area contributed by atoms with E-state index in [0.29, 0.717) is 11.6 Å². The summed E-state index contributed by atoms with van der Waals surface area (Å²) in [6, 6.07) is 2.00. The van der Waals surface area contributed by atoms with Gasteiger partial charge in [0.25, 0.3) is 5.91 Å². The number of likely N-dealkylation sites (N-methyl/N-ethyl adjacent to an activating group) is 1. The van der Waals surface area contributed by atoms with Gasteiger partial charge in [-0.1, -0.05) is 0 Å². The second-order valence-electron chi connectivity index (χ2n) is 6.62. The van der Waals surface area contributed by atoms with Crippen LogP contribution in [0.25, 0.3) is 0 Å². The van der Waals surface area contributed by atoms with Crippen molar-refractivity contribution in [1.29, 1.82) is 0 Å². The summed E-state index contributed by atoms with van der Waals surface area (Å²) in [6.45, 7) is 3.35. The Hall–Kier alpha value is -2.15. The molecular weight excluding hydrogens is 292 g/mol. The summed E-state index contributed by atoms with van der Waals surface area (Å²) < 4.78 is 0. The fourth-order valence-corrected chi connectivity index (χ4v) is 3.67. The lowest BCUT2D eigenvalue weighted by atomic mass is 9.94. The summed E-state index contributed by atoms with van der Waals surface area (Å²) >= 11 is 0. The summed E-state index contributed by atoms with van der Waals surface area (Å²) in [5.74, 6) is 0.398. The average Bonchev–Trinajstić information content (AvgIpc) is 3.24. The number of carbonyl (C=O) groups excluding carboxylic acids is 1. The van der Waals surface area contributed by atoms with Crippen LogP contribution in [0.2, 0.25) is 0 Å². The van der Waals surface area contributed by atoms with E-state index in [-0.39, 0.29) is 5.91 Å². The minimum absolute atomic E-state index is 0.0574. The van der Waals surface area contributed by atoms with Crippen LogP contribution in [0.15, 0.2) is 12.3 Å². The van der Waals surface area contributed by atoms with Gasteiger partial charge in [0.1, 0.15) is 0 Å². The fourth-order valence-electron chi connectivity index (χ4n) is 3.67. The standard InChI is InChI=1S/C16H22N6O/c1-21-8-5-14-12(10-21)15(20-19-14)16(23)22-7-2-3-11(9-22)13-4-6-17-18-13/h4,6,11H,2-3,5,7-10H2,1H3,(H,17,18)(H,19,20)/t11-/m1/s1. The molecule has 1 fully saturated rings. The van der Waals surface area contributed by atoms with Gasteiger partial charge in [0.15, 0.2) is 5.69 Å². The Bertz CT molecular complexity index is 691. The molecule has 23 heavy (non-hydrogen) atoms. The summed E-state index contributed by atoms with van der Waals surface area (Å²) in [4.78, 5) is 17.1. The highest BCUT2D eigenvalue weighted by Gasteiger charge is 2.30. The lowest BCUT2D eigenvalue weighted by Crippen LogP contribution is -2.40. The van der Waals surface area contributed by atoms with Crippen molar-refractivity contribution in [2.45, 2.75) is 31.7 Å². The second kappa shape index (κ2) is 5.81. The Morgan fingerprint density at radius 1 is 1.35 bits per heavy atom. The monoisotopic (exact) mass is 314 g/mol. The number of nitrogens with one attached hydrogen (secondary N) is 2. The molecule has 0 saturated carbocycles. The molecule has 2 aliphatic heterocycles. The van der Waals surface area contributed by atoms with E-state index in [1.54, 1.807) is 6.20 Å². The summed E-state index contributed by atoms with van der Waals surface area (Å²) in [5.41, 5.74) is 3.92. The molecule has 0 unspecified atom stereocenters. The average molecular weight is 314 g/mol. The zero-order valence-corrected chi connectivity index (χ0v) is 13.4. The number of nitrogens with zero attached hydrogens (tertiary/aromatic N) is 4. The van der Waals surface area contributed by atoms with Crippen LogP contribution in [0, 0.1) is 0 Å². The predicted molar refractivity (Wildman–Crippen MR) is 85.1 cm³/mol. The van der Waals surface area contributed by atoms with Gasteiger partial charge in [0, 0.05) is 61.7 Å². The van der Waals surface area contributed by atoms with Crippen LogP contribution in [0.4, 0.5) is 0 Å². The van der Waals surface area contributed by atoms with Crippen molar-refractivity contribution in [3.8, 4) is 0 Å². The maximum Gasteiger partial charge on any atom is 0.274 e. The van der Waals surface area contributed by atoms with Crippen LogP contribution < -0.4 is 0 Å². The minimum atomic E-state index is 0.0574. The molecule has 122 valence electrons. The van der Waals surface area contributed by atoms with E-state index < -0.39 is 0 Å². The van der Waals surface area contributed by atoms with E-state index in [1.165, 1.54) is 0 Å². The SMILES string of the molecule is CN1CCc2[nH]nc(C(=O)N3CCC[C@@H](c4ccn[nH]4)C3)c2C1. The van der Waals surface area contributed by atoms with Crippen LogP contribution in [-0.2, 0) is 13.0 Å². The number of fused-ring (bicyclic) bond motifs is 1. The molecule has 1 amide bonds. The molecule has 0 aliphatic carbocycles. The number of H-pyrrole nitrogens is 2. The van der Waals surface area contributed by atoms with Crippen molar-refractivity contribution >= 4 is 5.91 Å². The highest BCUT2D eigenvalue weighted by Crippen LogP contribution is 2.27. The van der Waals surface area contributed by atoms with Gasteiger partial charge in [-0.2, -0.15) is 10.2 Å². The topological polar surface area (TPSA) is 80.9 Å². The molecule has 1 atom stereocenters. The molecule has 0 bridgehead atoms. The lowest BCUT2D eigenvalue weighted by Gasteiger charge is -2.32. The molecule has 7 heteroatoms. The van der Waals surface area contributed by atoms with Gasteiger partial charge in [0.2, 0.25) is 0 Å². The third kappa shape index (κ3) is 2.65. The summed E-state index contributed by atoms with van der Waals surface area (Å²) in [7, 11) is 2.08. The first-order chi connectivity index (χ1) is 11.2. The number of carbonyl (C=O) groups is 1. The van der Waals surface area contributed by atoms with Crippen LogP contribution >= 0.6 is 0 Å². The molecule has 2 N–H and O–H groups in total. The molecule has 2 aliphatic rings. The van der Waals surface area contributed by atoms with E-state index >= 15 is 0 Å². The first-order valence-electron chi connectivity index (χ1n) is 8.25. The van der Waals surface area contributed by atoms with Crippen LogP contribution in [0.5, 0.6) is 0 Å². The van der Waals surface area contributed by atoms with Crippen LogP contribution in [0.1, 0.15) is 46.2 Å². The number of amides is 1. The van der Waals surface area contributed by atoms with Crippen molar-refractivity contribution in [2.75, 3.05) is 26.7 Å². The van der Waals surface area contributed by atoms with Gasteiger partial charge < -0.3 is 9.80 Å². The van der Waals surface area contributed by atoms with Gasteiger partial charge >= 0.3 is 0 Å². The van der Waals surface area contributed by atoms with E-state index in [1.807, 2.05) is 11.0 Å². The summed E-state index contributed by atoms with van der Waals surface area (Å²) in [5, 5.41) is 14.5. The first-order valence-corrected chi connectivity index (χ1v) is 8.25. The Kier molecular flexibility index (Phi) is 3.65. The van der Waals surface area contributed by atoms with Gasteiger partial charge in [-0.25, -0.2) is 0 Å². The molecule has 2 aromatic rings. The van der Waals surface area contributed by atoms with Gasteiger partial charge in [-0.3, -0.25) is 15.0 Å². The molecule has 0 aromatic carbocycles. The molecule has 7 nitrogen and oxygen atoms in total. The number of hydrogen-bond acceptors (Lipinski definition) is 4. The van der Waals surface area contributed by atoms with Crippen molar-refractivity contribution in [2.24, 2.45) is 0 Å². The van der Waals surface area contributed by atoms with E-state index in [2.05, 4.69) is 32.3 Å². The van der Waals surface area contributed by atoms with Gasteiger partial charge in [0.05, 0.1) is 0 Å². The normalized spacial score (nSPS) is 22.1. The lowest BCUT2D eigenvalue weighted by molar-refractivity contribution is 0.0697. The van der Waals surface area contributed by atoms with E-state index in [9.17, 15) is 4.79 Å². The number of likely N-dealkylation sites (tertiary alicyclic amines) is 1. The molecular formula is C16H22N6O. The Morgan fingerprint density at radius 2 is 2.26 bits per heavy atom. The van der Waals surface area contributed by atoms with Crippen LogP contribution in [-0.4, -0.2) is 62.8 Å². The fraction of sp³-hybridized carbons (Fsp3) is 0.562. The largest absolute Gasteiger partial charge is 0.337 e.